The van der Waals surface area contributed by atoms with E-state index < -0.39 is 0 Å². The van der Waals surface area contributed by atoms with Crippen molar-refractivity contribution in [3.8, 4) is 0 Å². The van der Waals surface area contributed by atoms with Crippen molar-refractivity contribution in [1.82, 2.24) is 4.98 Å². The lowest BCUT2D eigenvalue weighted by atomic mass is 9.96. The zero-order valence-corrected chi connectivity index (χ0v) is 16.9. The highest BCUT2D eigenvalue weighted by Gasteiger charge is 2.53. The summed E-state index contributed by atoms with van der Waals surface area (Å²) in [5, 5.41) is 3.09. The van der Waals surface area contributed by atoms with Crippen molar-refractivity contribution in [2.75, 3.05) is 6.61 Å². The van der Waals surface area contributed by atoms with E-state index in [9.17, 15) is 9.59 Å². The first kappa shape index (κ1) is 20.2. The first-order valence-corrected chi connectivity index (χ1v) is 10.9. The molecular formula is C21H29NO4S. The van der Waals surface area contributed by atoms with Gasteiger partial charge in [0.25, 0.3) is 0 Å². The number of carbonyl (C=O) groups is 2. The van der Waals surface area contributed by atoms with E-state index in [1.54, 1.807) is 11.3 Å². The number of ether oxygens (including phenoxy) is 2. The molecule has 2 saturated heterocycles. The summed E-state index contributed by atoms with van der Waals surface area (Å²) in [4.78, 5) is 28.1. The molecule has 2 unspecified atom stereocenters. The number of carbonyl (C=O) groups excluding carboxylic acids is 2. The normalized spacial score (nSPS) is 28.7. The van der Waals surface area contributed by atoms with E-state index in [1.807, 2.05) is 18.4 Å². The number of thiazole rings is 1. The van der Waals surface area contributed by atoms with Crippen LogP contribution in [0.3, 0.4) is 0 Å². The van der Waals surface area contributed by atoms with Gasteiger partial charge in [0.1, 0.15) is 11.4 Å². The van der Waals surface area contributed by atoms with Crippen LogP contribution in [0.25, 0.3) is 6.08 Å². The van der Waals surface area contributed by atoms with E-state index in [4.69, 9.17) is 9.47 Å². The molecule has 148 valence electrons. The van der Waals surface area contributed by atoms with Crippen LogP contribution >= 0.6 is 11.3 Å². The molecule has 5 nitrogen and oxygen atoms in total. The lowest BCUT2D eigenvalue weighted by Crippen LogP contribution is -2.17. The van der Waals surface area contributed by atoms with Crippen molar-refractivity contribution in [2.24, 2.45) is 0 Å². The van der Waals surface area contributed by atoms with Crippen LogP contribution in [0, 0.1) is 6.92 Å². The summed E-state index contributed by atoms with van der Waals surface area (Å²) in [6, 6.07) is 0. The number of aromatic nitrogens is 1. The molecule has 27 heavy (non-hydrogen) atoms. The summed E-state index contributed by atoms with van der Waals surface area (Å²) in [5.74, 6) is 0.0446. The SMILES string of the molecule is Cc1nc(C=CC23CCOC(=O)CCCC(=O)CCCCCCC2O3)cs1. The van der Waals surface area contributed by atoms with Crippen molar-refractivity contribution < 1.29 is 19.1 Å². The Hall–Kier alpha value is -1.53. The quantitative estimate of drug-likeness (QED) is 0.543. The van der Waals surface area contributed by atoms with Crippen molar-refractivity contribution in [3.05, 3.63) is 22.2 Å². The van der Waals surface area contributed by atoms with Crippen molar-refractivity contribution in [2.45, 2.75) is 82.8 Å². The largest absolute Gasteiger partial charge is 0.466 e. The van der Waals surface area contributed by atoms with Gasteiger partial charge in [-0.05, 0) is 38.3 Å². The van der Waals surface area contributed by atoms with E-state index >= 15 is 0 Å². The first-order chi connectivity index (χ1) is 13.1. The Labute approximate surface area is 165 Å². The molecule has 0 amide bonds. The van der Waals surface area contributed by atoms with Crippen LogP contribution in [0.15, 0.2) is 11.5 Å². The Kier molecular flexibility index (Phi) is 7.19. The molecule has 0 bridgehead atoms. The fraction of sp³-hybridized carbons (Fsp3) is 0.667. The monoisotopic (exact) mass is 391 g/mol. The van der Waals surface area contributed by atoms with Crippen LogP contribution in [0.2, 0.25) is 0 Å². The summed E-state index contributed by atoms with van der Waals surface area (Å²) in [7, 11) is 0. The highest BCUT2D eigenvalue weighted by Crippen LogP contribution is 2.44. The van der Waals surface area contributed by atoms with Gasteiger partial charge < -0.3 is 9.47 Å². The fourth-order valence-electron chi connectivity index (χ4n) is 3.62. The second-order valence-corrected chi connectivity index (χ2v) is 8.56. The maximum Gasteiger partial charge on any atom is 0.305 e. The Morgan fingerprint density at radius 1 is 1.15 bits per heavy atom. The molecule has 3 rings (SSSR count). The molecule has 0 radical (unpaired) electrons. The minimum absolute atomic E-state index is 0.182. The lowest BCUT2D eigenvalue weighted by molar-refractivity contribution is -0.144. The molecule has 2 atom stereocenters. The maximum absolute atomic E-state index is 11.9. The third kappa shape index (κ3) is 6.25. The van der Waals surface area contributed by atoms with Crippen LogP contribution in [0.4, 0.5) is 0 Å². The van der Waals surface area contributed by atoms with E-state index in [0.717, 1.165) is 42.8 Å². The topological polar surface area (TPSA) is 68.8 Å². The van der Waals surface area contributed by atoms with Gasteiger partial charge in [0.05, 0.1) is 23.4 Å². The summed E-state index contributed by atoms with van der Waals surface area (Å²) >= 11 is 1.63. The third-order valence-corrected chi connectivity index (χ3v) is 6.08. The molecule has 3 heterocycles. The molecule has 2 aliphatic heterocycles. The summed E-state index contributed by atoms with van der Waals surface area (Å²) in [6.07, 6.45) is 12.3. The van der Waals surface area contributed by atoms with Gasteiger partial charge in [-0.15, -0.1) is 11.3 Å². The maximum atomic E-state index is 11.9. The zero-order valence-electron chi connectivity index (χ0n) is 16.1. The Bertz CT molecular complexity index is 683. The van der Waals surface area contributed by atoms with Gasteiger partial charge in [-0.1, -0.05) is 19.3 Å². The minimum Gasteiger partial charge on any atom is -0.466 e. The predicted molar refractivity (Wildman–Crippen MR) is 106 cm³/mol. The molecule has 0 aliphatic carbocycles. The highest BCUT2D eigenvalue weighted by atomic mass is 32.1. The van der Waals surface area contributed by atoms with E-state index in [0.29, 0.717) is 38.7 Å². The van der Waals surface area contributed by atoms with Crippen LogP contribution in [-0.2, 0) is 19.1 Å². The summed E-state index contributed by atoms with van der Waals surface area (Å²) in [5.41, 5.74) is 0.625. The van der Waals surface area contributed by atoms with Gasteiger partial charge in [-0.2, -0.15) is 0 Å². The molecule has 1 aromatic rings. The number of Topliss-reactive ketones (excluding diaryl/α,β-unsaturated/α-hetero) is 1. The summed E-state index contributed by atoms with van der Waals surface area (Å²) < 4.78 is 11.4. The Morgan fingerprint density at radius 2 is 1.96 bits per heavy atom. The van der Waals surface area contributed by atoms with Crippen LogP contribution in [0.1, 0.15) is 74.9 Å². The van der Waals surface area contributed by atoms with Crippen molar-refractivity contribution in [3.63, 3.8) is 0 Å². The smallest absolute Gasteiger partial charge is 0.305 e. The van der Waals surface area contributed by atoms with Crippen LogP contribution < -0.4 is 0 Å². The minimum atomic E-state index is -0.329. The number of ketones is 1. The number of hydrogen-bond donors (Lipinski definition) is 0. The van der Waals surface area contributed by atoms with Crippen molar-refractivity contribution >= 4 is 29.2 Å². The van der Waals surface area contributed by atoms with Gasteiger partial charge in [0.15, 0.2) is 0 Å². The van der Waals surface area contributed by atoms with Gasteiger partial charge in [0.2, 0.25) is 0 Å². The van der Waals surface area contributed by atoms with E-state index in [2.05, 4.69) is 11.1 Å². The zero-order chi connectivity index (χ0) is 19.1. The van der Waals surface area contributed by atoms with Crippen molar-refractivity contribution in [1.29, 1.82) is 0 Å². The van der Waals surface area contributed by atoms with Gasteiger partial charge in [-0.25, -0.2) is 4.98 Å². The number of nitrogens with zero attached hydrogens (tertiary/aromatic N) is 1. The van der Waals surface area contributed by atoms with Crippen LogP contribution in [0.5, 0.6) is 0 Å². The standard InChI is InChI=1S/C21H29NO4S/c1-16-22-17(15-27-16)11-12-21-13-14-25-20(24)10-6-8-18(23)7-4-2-3-5-9-19(21)26-21/h11-12,15,19H,2-10,13-14H2,1H3. The molecule has 0 spiro atoms. The summed E-state index contributed by atoms with van der Waals surface area (Å²) in [6.45, 7) is 2.35. The molecule has 0 saturated carbocycles. The Balaban J connectivity index is 1.58. The predicted octanol–water partition coefficient (Wildman–Crippen LogP) is 4.63. The first-order valence-electron chi connectivity index (χ1n) is 10.0. The number of cyclic esters (lactones) is 1. The number of hydrogen-bond acceptors (Lipinski definition) is 6. The molecular weight excluding hydrogens is 362 g/mol. The van der Waals surface area contributed by atoms with Gasteiger partial charge >= 0.3 is 5.97 Å². The fourth-order valence-corrected chi connectivity index (χ4v) is 4.20. The van der Waals surface area contributed by atoms with Crippen LogP contribution in [-0.4, -0.2) is 35.0 Å². The molecule has 6 heteroatoms. The number of epoxide rings is 1. The van der Waals surface area contributed by atoms with E-state index in [-0.39, 0.29) is 23.5 Å². The number of fused-ring (bicyclic) bond motifs is 1. The molecule has 1 aromatic heterocycles. The van der Waals surface area contributed by atoms with E-state index in [1.165, 1.54) is 0 Å². The number of rotatable bonds is 2. The molecule has 2 aliphatic rings. The number of aryl methyl sites for hydroxylation is 1. The average Bonchev–Trinajstić information content (AvgIpc) is 3.14. The third-order valence-electron chi connectivity index (χ3n) is 5.29. The van der Waals surface area contributed by atoms with Gasteiger partial charge in [0, 0.05) is 31.1 Å². The lowest BCUT2D eigenvalue weighted by Gasteiger charge is -2.10. The van der Waals surface area contributed by atoms with Gasteiger partial charge in [-0.3, -0.25) is 9.59 Å². The highest BCUT2D eigenvalue weighted by molar-refractivity contribution is 7.09. The molecule has 0 aromatic carbocycles. The second kappa shape index (κ2) is 9.60. The number of esters is 1. The molecule has 2 fully saturated rings. The average molecular weight is 392 g/mol. The second-order valence-electron chi connectivity index (χ2n) is 7.50. The molecule has 0 N–H and O–H groups in total. The Morgan fingerprint density at radius 3 is 2.78 bits per heavy atom.